The summed E-state index contributed by atoms with van der Waals surface area (Å²) in [5, 5.41) is 29.9. The van der Waals surface area contributed by atoms with Gasteiger partial charge in [-0.1, -0.05) is 0 Å². The number of aromatic hydroxyl groups is 2. The normalized spacial score (nSPS) is 20.1. The first kappa shape index (κ1) is 12.5. The van der Waals surface area contributed by atoms with Crippen molar-refractivity contribution in [2.75, 3.05) is 13.7 Å². The Morgan fingerprint density at radius 1 is 1.25 bits per heavy atom. The number of hydrogen-bond donors (Lipinski definition) is 3. The number of carbonyl (C=O) groups is 2. The highest BCUT2D eigenvalue weighted by molar-refractivity contribution is 6.26. The van der Waals surface area contributed by atoms with Crippen molar-refractivity contribution in [3.8, 4) is 17.2 Å². The number of benzene rings is 1. The molecule has 1 aromatic carbocycles. The highest BCUT2D eigenvalue weighted by Crippen LogP contribution is 2.50. The Labute approximate surface area is 112 Å². The van der Waals surface area contributed by atoms with Gasteiger partial charge >= 0.3 is 0 Å². The molecule has 0 aromatic heterocycles. The van der Waals surface area contributed by atoms with Crippen LogP contribution in [0.2, 0.25) is 0 Å². The van der Waals surface area contributed by atoms with Crippen molar-refractivity contribution < 1.29 is 34.4 Å². The van der Waals surface area contributed by atoms with Crippen molar-refractivity contribution in [2.24, 2.45) is 0 Å². The maximum Gasteiger partial charge on any atom is 0.232 e. The summed E-state index contributed by atoms with van der Waals surface area (Å²) in [5.41, 5.74) is -0.812. The molecule has 0 fully saturated rings. The number of phenolic OH excluding ortho intramolecular Hbond substituents is 2. The molecule has 1 atom stereocenters. The number of aliphatic hydroxyl groups is 1. The molecule has 0 amide bonds. The van der Waals surface area contributed by atoms with Gasteiger partial charge < -0.3 is 24.8 Å². The highest BCUT2D eigenvalue weighted by Gasteiger charge is 2.40. The Kier molecular flexibility index (Phi) is 2.48. The molecule has 0 saturated heterocycles. The van der Waals surface area contributed by atoms with Crippen LogP contribution in [0, 0.1) is 0 Å². The van der Waals surface area contributed by atoms with Crippen LogP contribution in [0.3, 0.4) is 0 Å². The van der Waals surface area contributed by atoms with E-state index in [9.17, 15) is 24.9 Å². The quantitative estimate of drug-likeness (QED) is 0.638. The van der Waals surface area contributed by atoms with Crippen LogP contribution in [-0.2, 0) is 4.74 Å². The lowest BCUT2D eigenvalue weighted by atomic mass is 9.88. The SMILES string of the molecule is COC1=CC(=O)c2c(O)c3c(c(O)c2C1=O)OC[C@H]3O. The lowest BCUT2D eigenvalue weighted by Crippen LogP contribution is -2.19. The predicted octanol–water partition coefficient (Wildman–Crippen LogP) is 0.433. The maximum absolute atomic E-state index is 12.1. The standard InChI is InChI=1S/C13H10O7/c1-19-6-2-4(14)7-9(10(6)16)12(18)13-8(11(7)17)5(15)3-20-13/h2,5,15,17-18H,3H2,1H3/t5-/m1/s1. The average Bonchev–Trinajstić information content (AvgIpc) is 2.80. The van der Waals surface area contributed by atoms with Crippen LogP contribution in [-0.4, -0.2) is 40.6 Å². The van der Waals surface area contributed by atoms with Gasteiger partial charge in [0.15, 0.2) is 23.0 Å². The second kappa shape index (κ2) is 3.97. The van der Waals surface area contributed by atoms with Crippen molar-refractivity contribution in [3.63, 3.8) is 0 Å². The third-order valence-electron chi connectivity index (χ3n) is 3.34. The molecule has 0 saturated carbocycles. The van der Waals surface area contributed by atoms with Crippen LogP contribution >= 0.6 is 0 Å². The van der Waals surface area contributed by atoms with Crippen LogP contribution in [0.4, 0.5) is 0 Å². The van der Waals surface area contributed by atoms with E-state index in [4.69, 9.17) is 9.47 Å². The number of allylic oxidation sites excluding steroid dienone is 2. The number of ether oxygens (including phenoxy) is 2. The van der Waals surface area contributed by atoms with Gasteiger partial charge in [0, 0.05) is 6.08 Å². The van der Waals surface area contributed by atoms with Gasteiger partial charge in [0.1, 0.15) is 18.5 Å². The molecule has 3 rings (SSSR count). The van der Waals surface area contributed by atoms with Gasteiger partial charge in [0.2, 0.25) is 5.78 Å². The smallest absolute Gasteiger partial charge is 0.232 e. The van der Waals surface area contributed by atoms with E-state index in [1.807, 2.05) is 0 Å². The van der Waals surface area contributed by atoms with Crippen LogP contribution in [0.1, 0.15) is 32.4 Å². The van der Waals surface area contributed by atoms with Gasteiger partial charge in [-0.2, -0.15) is 0 Å². The molecular weight excluding hydrogens is 268 g/mol. The van der Waals surface area contributed by atoms with Gasteiger partial charge in [-0.3, -0.25) is 9.59 Å². The summed E-state index contributed by atoms with van der Waals surface area (Å²) in [6.07, 6.45) is -0.241. The summed E-state index contributed by atoms with van der Waals surface area (Å²) in [5.74, 6) is -2.98. The summed E-state index contributed by atoms with van der Waals surface area (Å²) in [7, 11) is 1.21. The number of aliphatic hydroxyl groups excluding tert-OH is 1. The minimum Gasteiger partial charge on any atom is -0.507 e. The Balaban J connectivity index is 2.36. The molecular formula is C13H10O7. The average molecular weight is 278 g/mol. The number of rotatable bonds is 1. The first-order valence-electron chi connectivity index (χ1n) is 5.74. The van der Waals surface area contributed by atoms with Gasteiger partial charge in [-0.15, -0.1) is 0 Å². The number of Topliss-reactive ketones (excluding diaryl/α,β-unsaturated/α-hetero) is 1. The number of methoxy groups -OCH3 is 1. The third-order valence-corrected chi connectivity index (χ3v) is 3.34. The van der Waals surface area contributed by atoms with E-state index in [0.717, 1.165) is 6.08 Å². The van der Waals surface area contributed by atoms with Crippen LogP contribution in [0.25, 0.3) is 0 Å². The van der Waals surface area contributed by atoms with E-state index >= 15 is 0 Å². The zero-order chi connectivity index (χ0) is 14.6. The van der Waals surface area contributed by atoms with E-state index < -0.39 is 29.2 Å². The molecule has 3 N–H and O–H groups in total. The second-order valence-corrected chi connectivity index (χ2v) is 4.42. The number of hydrogen-bond acceptors (Lipinski definition) is 7. The van der Waals surface area contributed by atoms with Crippen molar-refractivity contribution in [2.45, 2.75) is 6.10 Å². The van der Waals surface area contributed by atoms with Gasteiger partial charge in [0.05, 0.1) is 23.8 Å². The molecule has 2 aliphatic rings. The van der Waals surface area contributed by atoms with E-state index in [0.29, 0.717) is 0 Å². The largest absolute Gasteiger partial charge is 0.507 e. The molecule has 0 unspecified atom stereocenters. The lowest BCUT2D eigenvalue weighted by molar-refractivity contribution is 0.0911. The molecule has 0 bridgehead atoms. The molecule has 0 spiro atoms. The fourth-order valence-corrected chi connectivity index (χ4v) is 2.41. The van der Waals surface area contributed by atoms with Crippen molar-refractivity contribution in [3.05, 3.63) is 28.5 Å². The minimum atomic E-state index is -1.17. The summed E-state index contributed by atoms with van der Waals surface area (Å²) < 4.78 is 9.83. The van der Waals surface area contributed by atoms with Crippen LogP contribution in [0.15, 0.2) is 11.8 Å². The molecule has 1 aliphatic heterocycles. The van der Waals surface area contributed by atoms with Crippen LogP contribution in [0.5, 0.6) is 17.2 Å². The molecule has 1 heterocycles. The number of carbonyl (C=O) groups excluding carboxylic acids is 2. The minimum absolute atomic E-state index is 0.0864. The Bertz CT molecular complexity index is 687. The number of ketones is 2. The first-order valence-corrected chi connectivity index (χ1v) is 5.74. The van der Waals surface area contributed by atoms with Crippen LogP contribution < -0.4 is 4.74 Å². The van der Waals surface area contributed by atoms with E-state index in [2.05, 4.69) is 0 Å². The topological polar surface area (TPSA) is 113 Å². The first-order chi connectivity index (χ1) is 9.47. The summed E-state index contributed by atoms with van der Waals surface area (Å²) in [6, 6.07) is 0. The van der Waals surface area contributed by atoms with Crippen molar-refractivity contribution in [1.82, 2.24) is 0 Å². The van der Waals surface area contributed by atoms with E-state index in [1.54, 1.807) is 0 Å². The summed E-state index contributed by atoms with van der Waals surface area (Å²) >= 11 is 0. The van der Waals surface area contributed by atoms with E-state index in [1.165, 1.54) is 7.11 Å². The summed E-state index contributed by atoms with van der Waals surface area (Å²) in [6.45, 7) is -0.174. The number of fused-ring (bicyclic) bond motifs is 2. The second-order valence-electron chi connectivity index (χ2n) is 4.42. The Morgan fingerprint density at radius 3 is 2.60 bits per heavy atom. The molecule has 0 radical (unpaired) electrons. The zero-order valence-electron chi connectivity index (χ0n) is 10.3. The monoisotopic (exact) mass is 278 g/mol. The summed E-state index contributed by atoms with van der Waals surface area (Å²) in [4.78, 5) is 24.1. The molecule has 20 heavy (non-hydrogen) atoms. The third kappa shape index (κ3) is 1.38. The molecule has 1 aliphatic carbocycles. The van der Waals surface area contributed by atoms with Gasteiger partial charge in [0.25, 0.3) is 0 Å². The number of phenols is 2. The van der Waals surface area contributed by atoms with Gasteiger partial charge in [-0.05, 0) is 0 Å². The zero-order valence-corrected chi connectivity index (χ0v) is 10.3. The lowest BCUT2D eigenvalue weighted by Gasteiger charge is -2.19. The highest BCUT2D eigenvalue weighted by atomic mass is 16.5. The molecule has 104 valence electrons. The van der Waals surface area contributed by atoms with Crippen molar-refractivity contribution in [1.29, 1.82) is 0 Å². The van der Waals surface area contributed by atoms with Gasteiger partial charge in [-0.25, -0.2) is 0 Å². The maximum atomic E-state index is 12.1. The Hall–Kier alpha value is -2.54. The fourth-order valence-electron chi connectivity index (χ4n) is 2.41. The predicted molar refractivity (Wildman–Crippen MR) is 64.0 cm³/mol. The van der Waals surface area contributed by atoms with E-state index in [-0.39, 0.29) is 34.8 Å². The molecule has 1 aromatic rings. The van der Waals surface area contributed by atoms with Crippen molar-refractivity contribution >= 4 is 11.6 Å². The molecule has 7 heteroatoms. The fraction of sp³-hybridized carbons (Fsp3) is 0.231. The Morgan fingerprint density at radius 2 is 1.95 bits per heavy atom. The molecule has 7 nitrogen and oxygen atoms in total.